The Kier molecular flexibility index (Phi) is 5.14. The Hall–Kier alpha value is -2.67. The summed E-state index contributed by atoms with van der Waals surface area (Å²) in [4.78, 5) is 29.1. The Balaban J connectivity index is 1.78. The van der Waals surface area contributed by atoms with Crippen molar-refractivity contribution in [2.45, 2.75) is 33.3 Å². The predicted molar refractivity (Wildman–Crippen MR) is 98.4 cm³/mol. The molecule has 1 amide bonds. The van der Waals surface area contributed by atoms with Crippen LogP contribution in [0, 0.1) is 6.92 Å². The SMILES string of the molecule is CCCC(=O)Nc1ccccc1OCc1cc(=O)n2c(C)csc2n1. The second-order valence-electron chi connectivity index (χ2n) is 5.66. The summed E-state index contributed by atoms with van der Waals surface area (Å²) >= 11 is 1.42. The van der Waals surface area contributed by atoms with Gasteiger partial charge in [-0.2, -0.15) is 0 Å². The molecular weight excluding hydrogens is 338 g/mol. The monoisotopic (exact) mass is 357 g/mol. The minimum Gasteiger partial charge on any atom is -0.485 e. The second-order valence-corrected chi connectivity index (χ2v) is 6.50. The van der Waals surface area contributed by atoms with Crippen molar-refractivity contribution >= 4 is 27.9 Å². The van der Waals surface area contributed by atoms with Gasteiger partial charge in [-0.15, -0.1) is 11.3 Å². The summed E-state index contributed by atoms with van der Waals surface area (Å²) in [6.07, 6.45) is 1.24. The topological polar surface area (TPSA) is 72.7 Å². The number of carbonyl (C=O) groups excluding carboxylic acids is 1. The van der Waals surface area contributed by atoms with Gasteiger partial charge >= 0.3 is 0 Å². The molecule has 1 N–H and O–H groups in total. The van der Waals surface area contributed by atoms with Gasteiger partial charge < -0.3 is 10.1 Å². The highest BCUT2D eigenvalue weighted by molar-refractivity contribution is 7.15. The highest BCUT2D eigenvalue weighted by Gasteiger charge is 2.10. The number of benzene rings is 1. The van der Waals surface area contributed by atoms with Crippen molar-refractivity contribution in [3.05, 3.63) is 57.5 Å². The molecule has 0 unspecified atom stereocenters. The number of hydrogen-bond acceptors (Lipinski definition) is 5. The molecule has 0 radical (unpaired) electrons. The van der Waals surface area contributed by atoms with Crippen LogP contribution in [0.25, 0.3) is 4.96 Å². The van der Waals surface area contributed by atoms with Gasteiger partial charge in [-0.05, 0) is 25.5 Å². The van der Waals surface area contributed by atoms with E-state index < -0.39 is 0 Å². The third kappa shape index (κ3) is 3.88. The molecule has 2 heterocycles. The number of para-hydroxylation sites is 2. The number of ether oxygens (including phenoxy) is 1. The first-order valence-electron chi connectivity index (χ1n) is 8.07. The molecule has 0 aliphatic heterocycles. The standard InChI is InChI=1S/C18H19N3O3S/c1-3-6-16(22)20-14-7-4-5-8-15(14)24-10-13-9-17(23)21-12(2)11-25-18(21)19-13/h4-5,7-9,11H,3,6,10H2,1-2H3,(H,20,22). The third-order valence-electron chi connectivity index (χ3n) is 3.64. The summed E-state index contributed by atoms with van der Waals surface area (Å²) < 4.78 is 7.37. The summed E-state index contributed by atoms with van der Waals surface area (Å²) in [5.41, 5.74) is 1.92. The van der Waals surface area contributed by atoms with Gasteiger partial charge in [0.25, 0.3) is 5.56 Å². The number of nitrogens with one attached hydrogen (secondary N) is 1. The number of carbonyl (C=O) groups is 1. The number of aryl methyl sites for hydroxylation is 1. The van der Waals surface area contributed by atoms with Crippen molar-refractivity contribution < 1.29 is 9.53 Å². The van der Waals surface area contributed by atoms with Crippen LogP contribution in [0.3, 0.4) is 0 Å². The van der Waals surface area contributed by atoms with Crippen LogP contribution in [0.2, 0.25) is 0 Å². The van der Waals surface area contributed by atoms with E-state index in [1.807, 2.05) is 31.4 Å². The van der Waals surface area contributed by atoms with E-state index in [4.69, 9.17) is 4.74 Å². The highest BCUT2D eigenvalue weighted by atomic mass is 32.1. The molecule has 25 heavy (non-hydrogen) atoms. The lowest BCUT2D eigenvalue weighted by Gasteiger charge is -2.12. The fourth-order valence-electron chi connectivity index (χ4n) is 2.46. The molecule has 0 atom stereocenters. The van der Waals surface area contributed by atoms with Crippen LogP contribution in [0.4, 0.5) is 5.69 Å². The molecule has 2 aromatic heterocycles. The highest BCUT2D eigenvalue weighted by Crippen LogP contribution is 2.25. The number of rotatable bonds is 6. The van der Waals surface area contributed by atoms with Crippen LogP contribution < -0.4 is 15.6 Å². The average Bonchev–Trinajstić information content (AvgIpc) is 2.96. The van der Waals surface area contributed by atoms with E-state index >= 15 is 0 Å². The first-order chi connectivity index (χ1) is 12.1. The molecule has 0 spiro atoms. The minimum absolute atomic E-state index is 0.0506. The van der Waals surface area contributed by atoms with Gasteiger partial charge in [0.1, 0.15) is 12.4 Å². The zero-order valence-corrected chi connectivity index (χ0v) is 14.9. The van der Waals surface area contributed by atoms with E-state index in [9.17, 15) is 9.59 Å². The first-order valence-corrected chi connectivity index (χ1v) is 8.95. The van der Waals surface area contributed by atoms with Crippen LogP contribution in [-0.4, -0.2) is 15.3 Å². The van der Waals surface area contributed by atoms with Crippen LogP contribution in [0.15, 0.2) is 40.5 Å². The van der Waals surface area contributed by atoms with Crippen molar-refractivity contribution in [2.75, 3.05) is 5.32 Å². The minimum atomic E-state index is -0.119. The van der Waals surface area contributed by atoms with Crippen LogP contribution >= 0.6 is 11.3 Å². The number of nitrogens with zero attached hydrogens (tertiary/aromatic N) is 2. The Bertz CT molecular complexity index is 962. The Morgan fingerprint density at radius 3 is 2.96 bits per heavy atom. The predicted octanol–water partition coefficient (Wildman–Crippen LogP) is 3.38. The van der Waals surface area contributed by atoms with Gasteiger partial charge in [-0.3, -0.25) is 14.0 Å². The average molecular weight is 357 g/mol. The van der Waals surface area contributed by atoms with Crippen molar-refractivity contribution in [1.29, 1.82) is 0 Å². The van der Waals surface area contributed by atoms with E-state index in [-0.39, 0.29) is 18.1 Å². The molecule has 0 saturated heterocycles. The zero-order valence-electron chi connectivity index (χ0n) is 14.1. The molecule has 130 valence electrons. The van der Waals surface area contributed by atoms with Gasteiger partial charge in [-0.25, -0.2) is 4.98 Å². The normalized spacial score (nSPS) is 10.8. The van der Waals surface area contributed by atoms with Gasteiger partial charge in [0, 0.05) is 23.6 Å². The lowest BCUT2D eigenvalue weighted by Crippen LogP contribution is -2.16. The molecular formula is C18H19N3O3S. The van der Waals surface area contributed by atoms with E-state index in [2.05, 4.69) is 10.3 Å². The van der Waals surface area contributed by atoms with Crippen LogP contribution in [-0.2, 0) is 11.4 Å². The van der Waals surface area contributed by atoms with Gasteiger partial charge in [0.2, 0.25) is 5.91 Å². The molecule has 0 fully saturated rings. The molecule has 1 aromatic carbocycles. The van der Waals surface area contributed by atoms with Crippen molar-refractivity contribution in [2.24, 2.45) is 0 Å². The van der Waals surface area contributed by atoms with Gasteiger partial charge in [0.05, 0.1) is 11.4 Å². The Labute approximate surface area is 149 Å². The number of aromatic nitrogens is 2. The smallest absolute Gasteiger partial charge is 0.259 e. The lowest BCUT2D eigenvalue weighted by molar-refractivity contribution is -0.116. The summed E-state index contributed by atoms with van der Waals surface area (Å²) in [6.45, 7) is 3.98. The first kappa shape index (κ1) is 17.2. The number of thiazole rings is 1. The largest absolute Gasteiger partial charge is 0.485 e. The molecule has 0 aliphatic carbocycles. The molecule has 3 aromatic rings. The number of anilines is 1. The van der Waals surface area contributed by atoms with Crippen molar-refractivity contribution in [1.82, 2.24) is 9.38 Å². The fraction of sp³-hybridized carbons (Fsp3) is 0.278. The van der Waals surface area contributed by atoms with Crippen molar-refractivity contribution in [3.63, 3.8) is 0 Å². The number of fused-ring (bicyclic) bond motifs is 1. The maximum Gasteiger partial charge on any atom is 0.259 e. The summed E-state index contributed by atoms with van der Waals surface area (Å²) in [6, 6.07) is 8.71. The summed E-state index contributed by atoms with van der Waals surface area (Å²) in [5, 5.41) is 4.74. The quantitative estimate of drug-likeness (QED) is 0.734. The van der Waals surface area contributed by atoms with E-state index in [1.165, 1.54) is 17.4 Å². The lowest BCUT2D eigenvalue weighted by atomic mass is 10.2. The van der Waals surface area contributed by atoms with Crippen molar-refractivity contribution in [3.8, 4) is 5.75 Å². The van der Waals surface area contributed by atoms with E-state index in [0.717, 1.165) is 12.1 Å². The molecule has 6 nitrogen and oxygen atoms in total. The Morgan fingerprint density at radius 2 is 2.16 bits per heavy atom. The van der Waals surface area contributed by atoms with Gasteiger partial charge in [0.15, 0.2) is 4.96 Å². The molecule has 0 saturated carbocycles. The maximum atomic E-state index is 12.2. The Morgan fingerprint density at radius 1 is 1.36 bits per heavy atom. The second kappa shape index (κ2) is 7.48. The summed E-state index contributed by atoms with van der Waals surface area (Å²) in [7, 11) is 0. The third-order valence-corrected chi connectivity index (χ3v) is 4.59. The molecule has 0 bridgehead atoms. The maximum absolute atomic E-state index is 12.2. The molecule has 0 aliphatic rings. The molecule has 3 rings (SSSR count). The van der Waals surface area contributed by atoms with E-state index in [1.54, 1.807) is 16.5 Å². The zero-order chi connectivity index (χ0) is 17.8. The van der Waals surface area contributed by atoms with Crippen LogP contribution in [0.1, 0.15) is 31.2 Å². The van der Waals surface area contributed by atoms with Crippen LogP contribution in [0.5, 0.6) is 5.75 Å². The van der Waals surface area contributed by atoms with Gasteiger partial charge in [-0.1, -0.05) is 19.1 Å². The number of hydrogen-bond donors (Lipinski definition) is 1. The molecule has 7 heteroatoms. The fourth-order valence-corrected chi connectivity index (χ4v) is 3.35. The van der Waals surface area contributed by atoms with E-state index in [0.29, 0.717) is 28.5 Å². The number of amides is 1. The summed E-state index contributed by atoms with van der Waals surface area (Å²) in [5.74, 6) is 0.502.